The lowest BCUT2D eigenvalue weighted by atomic mass is 10.3. The van der Waals surface area contributed by atoms with Gasteiger partial charge in [0.2, 0.25) is 10.0 Å². The van der Waals surface area contributed by atoms with Crippen LogP contribution in [0.4, 0.5) is 0 Å². The van der Waals surface area contributed by atoms with E-state index in [9.17, 15) is 8.42 Å². The molecule has 0 radical (unpaired) electrons. The molecule has 1 aromatic rings. The first-order chi connectivity index (χ1) is 7.49. The Labute approximate surface area is 95.2 Å². The number of rotatable bonds is 5. The second-order valence-electron chi connectivity index (χ2n) is 3.02. The molecule has 90 valence electrons. The lowest BCUT2D eigenvalue weighted by Crippen LogP contribution is -2.12. The quantitative estimate of drug-likeness (QED) is 0.843. The van der Waals surface area contributed by atoms with Crippen LogP contribution in [0, 0.1) is 0 Å². The van der Waals surface area contributed by atoms with Gasteiger partial charge in [-0.25, -0.2) is 13.6 Å². The van der Waals surface area contributed by atoms with Crippen molar-refractivity contribution in [1.29, 1.82) is 0 Å². The van der Waals surface area contributed by atoms with Gasteiger partial charge in [-0.3, -0.25) is 0 Å². The van der Waals surface area contributed by atoms with Crippen molar-refractivity contribution in [3.8, 4) is 11.5 Å². The summed E-state index contributed by atoms with van der Waals surface area (Å²) < 4.78 is 32.9. The number of hydrogen-bond acceptors (Lipinski definition) is 4. The lowest BCUT2D eigenvalue weighted by Gasteiger charge is -2.11. The van der Waals surface area contributed by atoms with Gasteiger partial charge in [0, 0.05) is 6.07 Å². The summed E-state index contributed by atoms with van der Waals surface area (Å²) in [5.41, 5.74) is 0. The van der Waals surface area contributed by atoms with Crippen LogP contribution in [-0.4, -0.2) is 21.6 Å². The first kappa shape index (κ1) is 12.8. The van der Waals surface area contributed by atoms with E-state index in [1.807, 2.05) is 6.92 Å². The molecule has 0 aliphatic carbocycles. The fourth-order valence-corrected chi connectivity index (χ4v) is 1.74. The van der Waals surface area contributed by atoms with Gasteiger partial charge in [0.25, 0.3) is 0 Å². The summed E-state index contributed by atoms with van der Waals surface area (Å²) >= 11 is 0. The van der Waals surface area contributed by atoms with Crippen LogP contribution in [0.3, 0.4) is 0 Å². The normalized spacial score (nSPS) is 11.2. The van der Waals surface area contributed by atoms with Gasteiger partial charge in [-0.05, 0) is 26.0 Å². The molecule has 0 unspecified atom stereocenters. The van der Waals surface area contributed by atoms with Crippen LogP contribution in [0.5, 0.6) is 11.5 Å². The Morgan fingerprint density at radius 1 is 1.12 bits per heavy atom. The number of primary sulfonamides is 1. The van der Waals surface area contributed by atoms with Gasteiger partial charge in [0.1, 0.15) is 0 Å². The Morgan fingerprint density at radius 2 is 1.69 bits per heavy atom. The minimum atomic E-state index is -3.71. The van der Waals surface area contributed by atoms with Crippen molar-refractivity contribution in [2.24, 2.45) is 5.14 Å². The van der Waals surface area contributed by atoms with Crippen molar-refractivity contribution in [2.75, 3.05) is 13.2 Å². The Bertz CT molecular complexity index is 456. The van der Waals surface area contributed by atoms with Crippen LogP contribution in [-0.2, 0) is 10.0 Å². The summed E-state index contributed by atoms with van der Waals surface area (Å²) in [6.07, 6.45) is 0. The molecule has 6 heteroatoms. The molecule has 1 rings (SSSR count). The molecule has 0 fully saturated rings. The zero-order valence-corrected chi connectivity index (χ0v) is 10.1. The van der Waals surface area contributed by atoms with Crippen LogP contribution >= 0.6 is 0 Å². The van der Waals surface area contributed by atoms with E-state index in [4.69, 9.17) is 14.6 Å². The zero-order chi connectivity index (χ0) is 12.2. The smallest absolute Gasteiger partial charge is 0.238 e. The highest BCUT2D eigenvalue weighted by molar-refractivity contribution is 7.89. The molecule has 0 atom stereocenters. The summed E-state index contributed by atoms with van der Waals surface area (Å²) in [7, 11) is -3.71. The third-order valence-corrected chi connectivity index (χ3v) is 2.75. The van der Waals surface area contributed by atoms with Crippen molar-refractivity contribution >= 4 is 10.0 Å². The number of ether oxygens (including phenoxy) is 2. The molecule has 0 amide bonds. The Hall–Kier alpha value is -1.27. The van der Waals surface area contributed by atoms with Gasteiger partial charge in [-0.15, -0.1) is 0 Å². The van der Waals surface area contributed by atoms with E-state index in [1.165, 1.54) is 18.2 Å². The summed E-state index contributed by atoms with van der Waals surface area (Å²) in [5, 5.41) is 5.02. The molecule has 0 aliphatic heterocycles. The van der Waals surface area contributed by atoms with Gasteiger partial charge in [0.15, 0.2) is 11.5 Å². The second-order valence-corrected chi connectivity index (χ2v) is 4.58. The SMILES string of the molecule is CCOc1ccc(S(N)(=O)=O)cc1OCC. The molecule has 0 heterocycles. The highest BCUT2D eigenvalue weighted by Gasteiger charge is 2.12. The van der Waals surface area contributed by atoms with E-state index in [-0.39, 0.29) is 4.90 Å². The molecule has 0 saturated heterocycles. The van der Waals surface area contributed by atoms with Crippen molar-refractivity contribution in [2.45, 2.75) is 18.7 Å². The Balaban J connectivity index is 3.17. The topological polar surface area (TPSA) is 78.6 Å². The molecule has 0 bridgehead atoms. The van der Waals surface area contributed by atoms with E-state index in [0.29, 0.717) is 24.7 Å². The van der Waals surface area contributed by atoms with Crippen molar-refractivity contribution < 1.29 is 17.9 Å². The first-order valence-corrected chi connectivity index (χ1v) is 6.46. The van der Waals surface area contributed by atoms with Gasteiger partial charge >= 0.3 is 0 Å². The fourth-order valence-electron chi connectivity index (χ4n) is 1.21. The maximum Gasteiger partial charge on any atom is 0.238 e. The highest BCUT2D eigenvalue weighted by Crippen LogP contribution is 2.29. The monoisotopic (exact) mass is 245 g/mol. The molecule has 1 aromatic carbocycles. The zero-order valence-electron chi connectivity index (χ0n) is 9.26. The molecule has 2 N–H and O–H groups in total. The van der Waals surface area contributed by atoms with Gasteiger partial charge in [0.05, 0.1) is 18.1 Å². The van der Waals surface area contributed by atoms with E-state index in [2.05, 4.69) is 0 Å². The van der Waals surface area contributed by atoms with Gasteiger partial charge < -0.3 is 9.47 Å². The maximum atomic E-state index is 11.1. The summed E-state index contributed by atoms with van der Waals surface area (Å²) in [6.45, 7) is 4.55. The van der Waals surface area contributed by atoms with Crippen LogP contribution in [0.15, 0.2) is 23.1 Å². The summed E-state index contributed by atoms with van der Waals surface area (Å²) in [5.74, 6) is 0.896. The average Bonchev–Trinajstić information content (AvgIpc) is 2.19. The van der Waals surface area contributed by atoms with Gasteiger partial charge in [-0.2, -0.15) is 0 Å². The van der Waals surface area contributed by atoms with Crippen LogP contribution in [0.25, 0.3) is 0 Å². The number of benzene rings is 1. The number of sulfonamides is 1. The maximum absolute atomic E-state index is 11.1. The molecule has 0 spiro atoms. The van der Waals surface area contributed by atoms with E-state index in [0.717, 1.165) is 0 Å². The second kappa shape index (κ2) is 5.18. The molecular formula is C10H15NO4S. The molecule has 0 aliphatic rings. The lowest BCUT2D eigenvalue weighted by molar-refractivity contribution is 0.287. The largest absolute Gasteiger partial charge is 0.490 e. The fraction of sp³-hybridized carbons (Fsp3) is 0.400. The first-order valence-electron chi connectivity index (χ1n) is 4.91. The summed E-state index contributed by atoms with van der Waals surface area (Å²) in [6, 6.07) is 4.29. The third kappa shape index (κ3) is 3.11. The minimum absolute atomic E-state index is 0.0133. The highest BCUT2D eigenvalue weighted by atomic mass is 32.2. The van der Waals surface area contributed by atoms with Crippen LogP contribution < -0.4 is 14.6 Å². The average molecular weight is 245 g/mol. The third-order valence-electron chi connectivity index (χ3n) is 1.84. The minimum Gasteiger partial charge on any atom is -0.490 e. The van der Waals surface area contributed by atoms with Crippen molar-refractivity contribution in [1.82, 2.24) is 0 Å². The number of nitrogens with two attached hydrogens (primary N) is 1. The molecule has 5 nitrogen and oxygen atoms in total. The predicted molar refractivity (Wildman–Crippen MR) is 60.2 cm³/mol. The van der Waals surface area contributed by atoms with Crippen LogP contribution in [0.2, 0.25) is 0 Å². The van der Waals surface area contributed by atoms with E-state index < -0.39 is 10.0 Å². The summed E-state index contributed by atoms with van der Waals surface area (Å²) in [4.78, 5) is 0.0133. The molecule has 16 heavy (non-hydrogen) atoms. The van der Waals surface area contributed by atoms with E-state index >= 15 is 0 Å². The molecule has 0 aromatic heterocycles. The van der Waals surface area contributed by atoms with Crippen LogP contribution in [0.1, 0.15) is 13.8 Å². The Morgan fingerprint density at radius 3 is 2.19 bits per heavy atom. The molecule has 0 saturated carbocycles. The van der Waals surface area contributed by atoms with Gasteiger partial charge in [-0.1, -0.05) is 0 Å². The predicted octanol–water partition coefficient (Wildman–Crippen LogP) is 1.13. The van der Waals surface area contributed by atoms with Crippen molar-refractivity contribution in [3.63, 3.8) is 0 Å². The number of hydrogen-bond donors (Lipinski definition) is 1. The molecular weight excluding hydrogens is 230 g/mol. The van der Waals surface area contributed by atoms with E-state index in [1.54, 1.807) is 6.92 Å². The standard InChI is InChI=1S/C10H15NO4S/c1-3-14-9-6-5-8(16(11,12)13)7-10(9)15-4-2/h5-7H,3-4H2,1-2H3,(H2,11,12,13). The van der Waals surface area contributed by atoms with Crippen molar-refractivity contribution in [3.05, 3.63) is 18.2 Å². The Kier molecular flexibility index (Phi) is 4.14.